The molecular formula is C14H21BrN2O2. The summed E-state index contributed by atoms with van der Waals surface area (Å²) < 4.78 is 6.59. The monoisotopic (exact) mass is 328 g/mol. The Labute approximate surface area is 123 Å². The minimum absolute atomic E-state index is 0.0310. The van der Waals surface area contributed by atoms with E-state index in [0.717, 1.165) is 15.8 Å². The van der Waals surface area contributed by atoms with Crippen LogP contribution < -0.4 is 15.4 Å². The van der Waals surface area contributed by atoms with Gasteiger partial charge in [-0.3, -0.25) is 4.79 Å². The highest BCUT2D eigenvalue weighted by atomic mass is 79.9. The van der Waals surface area contributed by atoms with Crippen molar-refractivity contribution < 1.29 is 9.53 Å². The zero-order valence-electron chi connectivity index (χ0n) is 11.8. The summed E-state index contributed by atoms with van der Waals surface area (Å²) in [6.45, 7) is 5.92. The summed E-state index contributed by atoms with van der Waals surface area (Å²) in [5.74, 6) is 0.616. The number of hydrogen-bond acceptors (Lipinski definition) is 3. The van der Waals surface area contributed by atoms with Gasteiger partial charge < -0.3 is 15.4 Å². The van der Waals surface area contributed by atoms with Gasteiger partial charge in [0.15, 0.2) is 6.61 Å². The Kier molecular flexibility index (Phi) is 6.31. The third-order valence-corrected chi connectivity index (χ3v) is 3.17. The smallest absolute Gasteiger partial charge is 0.258 e. The van der Waals surface area contributed by atoms with Crippen molar-refractivity contribution in [3.8, 4) is 5.75 Å². The van der Waals surface area contributed by atoms with Crippen LogP contribution in [0.25, 0.3) is 0 Å². The first-order valence-electron chi connectivity index (χ1n) is 6.33. The van der Waals surface area contributed by atoms with Gasteiger partial charge >= 0.3 is 0 Å². The lowest BCUT2D eigenvalue weighted by Gasteiger charge is -2.17. The molecule has 0 saturated heterocycles. The van der Waals surface area contributed by atoms with E-state index in [1.165, 1.54) is 0 Å². The molecule has 0 saturated carbocycles. The van der Waals surface area contributed by atoms with Gasteiger partial charge in [-0.25, -0.2) is 0 Å². The number of halogens is 1. The maximum atomic E-state index is 11.6. The molecule has 19 heavy (non-hydrogen) atoms. The predicted molar refractivity (Wildman–Crippen MR) is 80.4 cm³/mol. The number of nitrogens with one attached hydrogen (secondary N) is 2. The zero-order valence-corrected chi connectivity index (χ0v) is 13.4. The lowest BCUT2D eigenvalue weighted by Crippen LogP contribution is -2.34. The molecule has 0 radical (unpaired) electrons. The van der Waals surface area contributed by atoms with E-state index in [1.807, 2.05) is 46.0 Å². The first-order chi connectivity index (χ1) is 8.93. The molecular weight excluding hydrogens is 308 g/mol. The summed E-state index contributed by atoms with van der Waals surface area (Å²) in [5.41, 5.74) is 1.02. The standard InChI is InChI=1S/C14H21BrN2O2/c1-9(2)17-14(18)8-19-13-6-5-11(15)7-12(13)10(3)16-4/h5-7,9-10,16H,8H2,1-4H3,(H,17,18). The van der Waals surface area contributed by atoms with Crippen molar-refractivity contribution in [1.82, 2.24) is 10.6 Å². The van der Waals surface area contributed by atoms with Crippen LogP contribution in [0.5, 0.6) is 5.75 Å². The van der Waals surface area contributed by atoms with E-state index in [-0.39, 0.29) is 24.6 Å². The Morgan fingerprint density at radius 1 is 1.37 bits per heavy atom. The van der Waals surface area contributed by atoms with Crippen LogP contribution in [0.3, 0.4) is 0 Å². The van der Waals surface area contributed by atoms with Crippen LogP contribution in [-0.2, 0) is 4.79 Å². The van der Waals surface area contributed by atoms with E-state index < -0.39 is 0 Å². The van der Waals surface area contributed by atoms with Crippen LogP contribution in [0.4, 0.5) is 0 Å². The molecule has 0 aliphatic heterocycles. The van der Waals surface area contributed by atoms with Gasteiger partial charge in [-0.1, -0.05) is 15.9 Å². The second-order valence-electron chi connectivity index (χ2n) is 4.70. The lowest BCUT2D eigenvalue weighted by atomic mass is 10.1. The summed E-state index contributed by atoms with van der Waals surface area (Å²) in [5, 5.41) is 5.97. The van der Waals surface area contributed by atoms with Gasteiger partial charge in [0.25, 0.3) is 5.91 Å². The molecule has 4 nitrogen and oxygen atoms in total. The molecule has 106 valence electrons. The number of rotatable bonds is 6. The highest BCUT2D eigenvalue weighted by molar-refractivity contribution is 9.10. The summed E-state index contributed by atoms with van der Waals surface area (Å²) in [6.07, 6.45) is 0. The molecule has 0 spiro atoms. The molecule has 1 aromatic carbocycles. The number of benzene rings is 1. The molecule has 1 aromatic rings. The number of ether oxygens (including phenoxy) is 1. The fourth-order valence-corrected chi connectivity index (χ4v) is 2.03. The summed E-state index contributed by atoms with van der Waals surface area (Å²) in [4.78, 5) is 11.6. The van der Waals surface area contributed by atoms with Crippen molar-refractivity contribution in [1.29, 1.82) is 0 Å². The molecule has 0 heterocycles. The Morgan fingerprint density at radius 3 is 2.63 bits per heavy atom. The molecule has 0 bridgehead atoms. The van der Waals surface area contributed by atoms with Crippen LogP contribution in [0.15, 0.2) is 22.7 Å². The van der Waals surface area contributed by atoms with Crippen molar-refractivity contribution in [2.45, 2.75) is 32.9 Å². The maximum absolute atomic E-state index is 11.6. The third-order valence-electron chi connectivity index (χ3n) is 2.68. The molecule has 0 aliphatic carbocycles. The van der Waals surface area contributed by atoms with Gasteiger partial charge in [-0.2, -0.15) is 0 Å². The normalized spacial score (nSPS) is 12.3. The van der Waals surface area contributed by atoms with E-state index in [4.69, 9.17) is 4.74 Å². The predicted octanol–water partition coefficient (Wildman–Crippen LogP) is 2.63. The molecule has 0 aliphatic rings. The van der Waals surface area contributed by atoms with E-state index in [0.29, 0.717) is 0 Å². The Balaban J connectivity index is 2.75. The van der Waals surface area contributed by atoms with Gasteiger partial charge in [-0.05, 0) is 46.0 Å². The second kappa shape index (κ2) is 7.50. The second-order valence-corrected chi connectivity index (χ2v) is 5.62. The van der Waals surface area contributed by atoms with Crippen LogP contribution >= 0.6 is 15.9 Å². The molecule has 1 atom stereocenters. The van der Waals surface area contributed by atoms with Crippen LogP contribution in [-0.4, -0.2) is 25.6 Å². The van der Waals surface area contributed by atoms with Gasteiger partial charge in [0.2, 0.25) is 0 Å². The molecule has 0 fully saturated rings. The van der Waals surface area contributed by atoms with Gasteiger partial charge in [-0.15, -0.1) is 0 Å². The average Bonchev–Trinajstić information content (AvgIpc) is 2.35. The van der Waals surface area contributed by atoms with Crippen LogP contribution in [0.1, 0.15) is 32.4 Å². The first kappa shape index (κ1) is 16.0. The summed E-state index contributed by atoms with van der Waals surface area (Å²) >= 11 is 3.44. The average molecular weight is 329 g/mol. The SMILES string of the molecule is CNC(C)c1cc(Br)ccc1OCC(=O)NC(C)C. The van der Waals surface area contributed by atoms with Gasteiger partial charge in [0.05, 0.1) is 0 Å². The van der Waals surface area contributed by atoms with Crippen LogP contribution in [0, 0.1) is 0 Å². The first-order valence-corrected chi connectivity index (χ1v) is 7.12. The number of hydrogen-bond donors (Lipinski definition) is 2. The van der Waals surface area contributed by atoms with E-state index >= 15 is 0 Å². The van der Waals surface area contributed by atoms with Crippen molar-refractivity contribution in [2.75, 3.05) is 13.7 Å². The maximum Gasteiger partial charge on any atom is 0.258 e. The fraction of sp³-hybridized carbons (Fsp3) is 0.500. The summed E-state index contributed by atoms with van der Waals surface area (Å²) in [6, 6.07) is 6.05. The highest BCUT2D eigenvalue weighted by Gasteiger charge is 2.12. The van der Waals surface area contributed by atoms with Gasteiger partial charge in [0, 0.05) is 22.1 Å². The number of amides is 1. The molecule has 5 heteroatoms. The quantitative estimate of drug-likeness (QED) is 0.844. The van der Waals surface area contributed by atoms with Crippen molar-refractivity contribution >= 4 is 21.8 Å². The largest absolute Gasteiger partial charge is 0.483 e. The van der Waals surface area contributed by atoms with E-state index in [1.54, 1.807) is 0 Å². The third kappa shape index (κ3) is 5.20. The van der Waals surface area contributed by atoms with E-state index in [9.17, 15) is 4.79 Å². The van der Waals surface area contributed by atoms with Crippen molar-refractivity contribution in [3.63, 3.8) is 0 Å². The minimum Gasteiger partial charge on any atom is -0.483 e. The van der Waals surface area contributed by atoms with Gasteiger partial charge in [0.1, 0.15) is 5.75 Å². The number of carbonyl (C=O) groups is 1. The molecule has 1 rings (SSSR count). The molecule has 2 N–H and O–H groups in total. The topological polar surface area (TPSA) is 50.4 Å². The van der Waals surface area contributed by atoms with Crippen molar-refractivity contribution in [2.24, 2.45) is 0 Å². The Morgan fingerprint density at radius 2 is 2.05 bits per heavy atom. The number of carbonyl (C=O) groups excluding carboxylic acids is 1. The molecule has 1 amide bonds. The van der Waals surface area contributed by atoms with Crippen LogP contribution in [0.2, 0.25) is 0 Å². The Bertz CT molecular complexity index is 435. The highest BCUT2D eigenvalue weighted by Crippen LogP contribution is 2.28. The lowest BCUT2D eigenvalue weighted by molar-refractivity contribution is -0.123. The Hall–Kier alpha value is -1.07. The van der Waals surface area contributed by atoms with Crippen molar-refractivity contribution in [3.05, 3.63) is 28.2 Å². The summed E-state index contributed by atoms with van der Waals surface area (Å²) in [7, 11) is 1.89. The molecule has 1 unspecified atom stereocenters. The minimum atomic E-state index is -0.110. The zero-order chi connectivity index (χ0) is 14.4. The molecule has 0 aromatic heterocycles. The fourth-order valence-electron chi connectivity index (χ4n) is 1.65. The van der Waals surface area contributed by atoms with E-state index in [2.05, 4.69) is 26.6 Å².